The maximum Gasteiger partial charge on any atom is 0.348 e. The molecule has 9 nitrogen and oxygen atoms in total. The minimum atomic E-state index is -0.455. The van der Waals surface area contributed by atoms with Crippen LogP contribution in [0.3, 0.4) is 0 Å². The molecule has 0 radical (unpaired) electrons. The Labute approximate surface area is 174 Å². The highest BCUT2D eigenvalue weighted by molar-refractivity contribution is 7.20. The number of hydrogen-bond acceptors (Lipinski definition) is 9. The number of aryl methyl sites for hydroxylation is 1. The molecule has 154 valence electrons. The van der Waals surface area contributed by atoms with E-state index in [-0.39, 0.29) is 24.6 Å². The maximum absolute atomic E-state index is 13.0. The molecule has 0 unspecified atom stereocenters. The van der Waals surface area contributed by atoms with Gasteiger partial charge in [-0.15, -0.1) is 11.3 Å². The highest BCUT2D eigenvalue weighted by Gasteiger charge is 2.21. The summed E-state index contributed by atoms with van der Waals surface area (Å²) >= 11 is 1.14. The predicted octanol–water partition coefficient (Wildman–Crippen LogP) is 3.05. The Kier molecular flexibility index (Phi) is 5.32. The van der Waals surface area contributed by atoms with Crippen LogP contribution in [0.25, 0.3) is 21.6 Å². The van der Waals surface area contributed by atoms with Crippen molar-refractivity contribution in [1.82, 2.24) is 19.7 Å². The number of carbonyl (C=O) groups is 1. The van der Waals surface area contributed by atoms with Gasteiger partial charge >= 0.3 is 5.97 Å². The summed E-state index contributed by atoms with van der Waals surface area (Å²) < 4.78 is 16.9. The second-order valence-corrected chi connectivity index (χ2v) is 7.38. The molecule has 0 saturated heterocycles. The molecule has 4 aromatic rings. The number of rotatable bonds is 6. The molecular weight excluding hydrogens is 408 g/mol. The van der Waals surface area contributed by atoms with Crippen LogP contribution in [-0.4, -0.2) is 39.4 Å². The van der Waals surface area contributed by atoms with Gasteiger partial charge in [0, 0.05) is 5.56 Å². The van der Waals surface area contributed by atoms with Gasteiger partial charge in [0.05, 0.1) is 25.4 Å². The fourth-order valence-electron chi connectivity index (χ4n) is 3.01. The van der Waals surface area contributed by atoms with Gasteiger partial charge in [0.25, 0.3) is 5.56 Å². The zero-order chi connectivity index (χ0) is 21.3. The Morgan fingerprint density at radius 3 is 2.93 bits per heavy atom. The molecule has 3 heterocycles. The van der Waals surface area contributed by atoms with Crippen molar-refractivity contribution in [2.75, 3.05) is 13.7 Å². The number of esters is 1. The third-order valence-electron chi connectivity index (χ3n) is 4.48. The smallest absolute Gasteiger partial charge is 0.348 e. The summed E-state index contributed by atoms with van der Waals surface area (Å²) in [6.45, 7) is 3.77. The van der Waals surface area contributed by atoms with Gasteiger partial charge in [0.15, 0.2) is 0 Å². The van der Waals surface area contributed by atoms with E-state index in [1.807, 2.05) is 18.2 Å². The van der Waals surface area contributed by atoms with Crippen molar-refractivity contribution < 1.29 is 18.8 Å². The maximum atomic E-state index is 13.0. The number of fused-ring (bicyclic) bond motifs is 1. The SMILES string of the molecule is CCOC(=O)c1sc2ncn(Cc3nc(-c4cccc(OC)c4)no3)c(=O)c2c1C. The molecule has 0 aliphatic heterocycles. The lowest BCUT2D eigenvalue weighted by atomic mass is 10.2. The summed E-state index contributed by atoms with van der Waals surface area (Å²) in [6.07, 6.45) is 1.41. The molecule has 30 heavy (non-hydrogen) atoms. The summed E-state index contributed by atoms with van der Waals surface area (Å²) in [5.41, 5.74) is 1.01. The number of ether oxygens (including phenoxy) is 2. The van der Waals surface area contributed by atoms with Gasteiger partial charge in [-0.3, -0.25) is 9.36 Å². The number of thiophene rings is 1. The molecule has 0 spiro atoms. The van der Waals surface area contributed by atoms with Crippen molar-refractivity contribution in [2.24, 2.45) is 0 Å². The lowest BCUT2D eigenvalue weighted by Crippen LogP contribution is -2.21. The van der Waals surface area contributed by atoms with Crippen LogP contribution < -0.4 is 10.3 Å². The molecule has 0 amide bonds. The Morgan fingerprint density at radius 2 is 2.17 bits per heavy atom. The standard InChI is InChI=1S/C20H18N4O5S/c1-4-28-20(26)16-11(2)15-18(30-16)21-10-24(19(15)25)9-14-22-17(23-29-14)12-6-5-7-13(8-12)27-3/h5-8,10H,4,9H2,1-3H3. The normalized spacial score (nSPS) is 11.0. The summed E-state index contributed by atoms with van der Waals surface area (Å²) in [6, 6.07) is 7.27. The van der Waals surface area contributed by atoms with Gasteiger partial charge in [0.2, 0.25) is 11.7 Å². The quantitative estimate of drug-likeness (QED) is 0.433. The van der Waals surface area contributed by atoms with Crippen LogP contribution in [0, 0.1) is 6.92 Å². The van der Waals surface area contributed by atoms with E-state index in [1.54, 1.807) is 27.0 Å². The molecule has 1 aromatic carbocycles. The highest BCUT2D eigenvalue weighted by atomic mass is 32.1. The van der Waals surface area contributed by atoms with Crippen LogP contribution in [-0.2, 0) is 11.3 Å². The molecule has 0 aliphatic carbocycles. The van der Waals surface area contributed by atoms with Crippen LogP contribution in [0.15, 0.2) is 39.9 Å². The van der Waals surface area contributed by atoms with E-state index < -0.39 is 5.97 Å². The minimum absolute atomic E-state index is 0.0583. The number of methoxy groups -OCH3 is 1. The van der Waals surface area contributed by atoms with Crippen molar-refractivity contribution >= 4 is 27.5 Å². The van der Waals surface area contributed by atoms with Crippen LogP contribution in [0.1, 0.15) is 28.0 Å². The average molecular weight is 426 g/mol. The first-order valence-electron chi connectivity index (χ1n) is 9.14. The van der Waals surface area contributed by atoms with E-state index in [9.17, 15) is 9.59 Å². The van der Waals surface area contributed by atoms with E-state index in [2.05, 4.69) is 15.1 Å². The van der Waals surface area contributed by atoms with Crippen LogP contribution in [0.4, 0.5) is 0 Å². The second-order valence-electron chi connectivity index (χ2n) is 6.38. The topological polar surface area (TPSA) is 109 Å². The summed E-state index contributed by atoms with van der Waals surface area (Å²) in [7, 11) is 1.58. The Hall–Kier alpha value is -3.53. The molecule has 0 saturated carbocycles. The molecule has 3 aromatic heterocycles. The van der Waals surface area contributed by atoms with Crippen LogP contribution in [0.5, 0.6) is 5.75 Å². The van der Waals surface area contributed by atoms with E-state index in [4.69, 9.17) is 14.0 Å². The highest BCUT2D eigenvalue weighted by Crippen LogP contribution is 2.27. The number of carbonyl (C=O) groups excluding carboxylic acids is 1. The molecular formula is C20H18N4O5S. The van der Waals surface area contributed by atoms with Crippen molar-refractivity contribution in [1.29, 1.82) is 0 Å². The molecule has 0 fully saturated rings. The Morgan fingerprint density at radius 1 is 1.33 bits per heavy atom. The van der Waals surface area contributed by atoms with Gasteiger partial charge in [-0.2, -0.15) is 4.98 Å². The third-order valence-corrected chi connectivity index (χ3v) is 5.66. The largest absolute Gasteiger partial charge is 0.497 e. The first-order valence-corrected chi connectivity index (χ1v) is 9.96. The minimum Gasteiger partial charge on any atom is -0.497 e. The summed E-state index contributed by atoms with van der Waals surface area (Å²) in [5, 5.41) is 4.37. The molecule has 0 N–H and O–H groups in total. The molecule has 4 rings (SSSR count). The first kappa shape index (κ1) is 19.8. The monoisotopic (exact) mass is 426 g/mol. The molecule has 10 heteroatoms. The third kappa shape index (κ3) is 3.57. The van der Waals surface area contributed by atoms with Crippen molar-refractivity contribution in [2.45, 2.75) is 20.4 Å². The van der Waals surface area contributed by atoms with E-state index in [0.29, 0.717) is 32.2 Å². The van der Waals surface area contributed by atoms with Crippen LogP contribution >= 0.6 is 11.3 Å². The number of nitrogens with zero attached hydrogens (tertiary/aromatic N) is 4. The molecule has 0 bridgehead atoms. The number of benzene rings is 1. The van der Waals surface area contributed by atoms with Gasteiger partial charge in [-0.1, -0.05) is 17.3 Å². The lowest BCUT2D eigenvalue weighted by Gasteiger charge is -2.02. The van der Waals surface area contributed by atoms with Crippen LogP contribution in [0.2, 0.25) is 0 Å². The number of aromatic nitrogens is 4. The second kappa shape index (κ2) is 8.07. The van der Waals surface area contributed by atoms with Gasteiger partial charge in [-0.25, -0.2) is 9.78 Å². The fraction of sp³-hybridized carbons (Fsp3) is 0.250. The van der Waals surface area contributed by atoms with E-state index in [0.717, 1.165) is 16.9 Å². The molecule has 0 atom stereocenters. The Bertz CT molecular complexity index is 1290. The summed E-state index contributed by atoms with van der Waals surface area (Å²) in [4.78, 5) is 34.6. The van der Waals surface area contributed by atoms with Crippen molar-refractivity contribution in [3.05, 3.63) is 57.3 Å². The Balaban J connectivity index is 1.65. The summed E-state index contributed by atoms with van der Waals surface area (Å²) in [5.74, 6) is 0.871. The fourth-order valence-corrected chi connectivity index (χ4v) is 4.04. The zero-order valence-electron chi connectivity index (χ0n) is 16.5. The van der Waals surface area contributed by atoms with Crippen molar-refractivity contribution in [3.63, 3.8) is 0 Å². The average Bonchev–Trinajstić information content (AvgIpc) is 3.35. The predicted molar refractivity (Wildman–Crippen MR) is 110 cm³/mol. The number of hydrogen-bond donors (Lipinski definition) is 0. The van der Waals surface area contributed by atoms with Gasteiger partial charge < -0.3 is 14.0 Å². The van der Waals surface area contributed by atoms with Gasteiger partial charge in [-0.05, 0) is 31.5 Å². The van der Waals surface area contributed by atoms with E-state index in [1.165, 1.54) is 10.9 Å². The van der Waals surface area contributed by atoms with Gasteiger partial charge in [0.1, 0.15) is 22.0 Å². The first-order chi connectivity index (χ1) is 14.5. The molecule has 0 aliphatic rings. The van der Waals surface area contributed by atoms with E-state index >= 15 is 0 Å². The lowest BCUT2D eigenvalue weighted by molar-refractivity contribution is 0.0531. The van der Waals surface area contributed by atoms with Crippen molar-refractivity contribution in [3.8, 4) is 17.1 Å². The zero-order valence-corrected chi connectivity index (χ0v) is 17.4.